The summed E-state index contributed by atoms with van der Waals surface area (Å²) < 4.78 is 16.3. The van der Waals surface area contributed by atoms with E-state index in [1.54, 1.807) is 19.1 Å². The number of ether oxygens (including phenoxy) is 3. The van der Waals surface area contributed by atoms with E-state index >= 15 is 0 Å². The molecule has 2 aromatic carbocycles. The predicted octanol–water partition coefficient (Wildman–Crippen LogP) is 3.44. The van der Waals surface area contributed by atoms with Crippen LogP contribution in [0.25, 0.3) is 0 Å². The highest BCUT2D eigenvalue weighted by molar-refractivity contribution is 5.77. The maximum absolute atomic E-state index is 12.3. The van der Waals surface area contributed by atoms with Gasteiger partial charge in [0.1, 0.15) is 5.75 Å². The summed E-state index contributed by atoms with van der Waals surface area (Å²) in [6.07, 6.45) is 0. The molecule has 0 aliphatic carbocycles. The zero-order valence-corrected chi connectivity index (χ0v) is 15.2. The Morgan fingerprint density at radius 1 is 1.04 bits per heavy atom. The molecule has 0 atom stereocenters. The lowest BCUT2D eigenvalue weighted by atomic mass is 10.2. The van der Waals surface area contributed by atoms with Crippen LogP contribution in [0.2, 0.25) is 0 Å². The summed E-state index contributed by atoms with van der Waals surface area (Å²) in [6.45, 7) is 5.04. The highest BCUT2D eigenvalue weighted by atomic mass is 16.5. The number of hydrogen-bond acceptors (Lipinski definition) is 4. The number of amides is 1. The van der Waals surface area contributed by atoms with Gasteiger partial charge in [0.05, 0.1) is 13.7 Å². The van der Waals surface area contributed by atoms with E-state index in [1.165, 1.54) is 0 Å². The fourth-order valence-electron chi connectivity index (χ4n) is 2.36. The molecule has 0 spiro atoms. The first-order chi connectivity index (χ1) is 12.0. The maximum atomic E-state index is 12.3. The Labute approximate surface area is 149 Å². The van der Waals surface area contributed by atoms with Crippen molar-refractivity contribution in [3.63, 3.8) is 0 Å². The fraction of sp³-hybridized carbons (Fsp3) is 0.350. The lowest BCUT2D eigenvalue weighted by Crippen LogP contribution is -2.31. The molecule has 0 unspecified atom stereocenters. The quantitative estimate of drug-likeness (QED) is 0.737. The number of carbonyl (C=O) groups is 1. The van der Waals surface area contributed by atoms with Gasteiger partial charge in [-0.05, 0) is 49.2 Å². The second kappa shape index (κ2) is 8.97. The molecule has 5 heteroatoms. The van der Waals surface area contributed by atoms with Crippen LogP contribution in [0.15, 0.2) is 42.5 Å². The average molecular weight is 343 g/mol. The highest BCUT2D eigenvalue weighted by Crippen LogP contribution is 2.27. The van der Waals surface area contributed by atoms with Gasteiger partial charge in [-0.15, -0.1) is 0 Å². The van der Waals surface area contributed by atoms with Crippen LogP contribution in [-0.4, -0.2) is 38.2 Å². The Morgan fingerprint density at radius 3 is 2.40 bits per heavy atom. The van der Waals surface area contributed by atoms with E-state index in [4.69, 9.17) is 14.2 Å². The van der Waals surface area contributed by atoms with E-state index in [9.17, 15) is 4.79 Å². The average Bonchev–Trinajstić information content (AvgIpc) is 2.62. The molecule has 0 saturated carbocycles. The molecule has 0 heterocycles. The molecule has 5 nitrogen and oxygen atoms in total. The predicted molar refractivity (Wildman–Crippen MR) is 97.3 cm³/mol. The van der Waals surface area contributed by atoms with Gasteiger partial charge in [-0.3, -0.25) is 4.79 Å². The number of rotatable bonds is 8. The minimum atomic E-state index is -0.100. The Morgan fingerprint density at radius 2 is 1.76 bits per heavy atom. The zero-order valence-electron chi connectivity index (χ0n) is 15.2. The molecule has 0 aliphatic rings. The van der Waals surface area contributed by atoms with Crippen LogP contribution in [0.4, 0.5) is 0 Å². The molecule has 0 fully saturated rings. The van der Waals surface area contributed by atoms with E-state index in [0.29, 0.717) is 24.7 Å². The van der Waals surface area contributed by atoms with E-state index in [1.807, 2.05) is 56.3 Å². The summed E-state index contributed by atoms with van der Waals surface area (Å²) in [4.78, 5) is 13.9. The van der Waals surface area contributed by atoms with E-state index < -0.39 is 0 Å². The third kappa shape index (κ3) is 5.41. The van der Waals surface area contributed by atoms with Crippen molar-refractivity contribution in [1.29, 1.82) is 0 Å². The summed E-state index contributed by atoms with van der Waals surface area (Å²) >= 11 is 0. The molecular weight excluding hydrogens is 318 g/mol. The third-order valence-electron chi connectivity index (χ3n) is 3.75. The van der Waals surface area contributed by atoms with Gasteiger partial charge in [0.15, 0.2) is 18.1 Å². The third-order valence-corrected chi connectivity index (χ3v) is 3.75. The minimum Gasteiger partial charge on any atom is -0.494 e. The number of benzene rings is 2. The fourth-order valence-corrected chi connectivity index (χ4v) is 2.36. The summed E-state index contributed by atoms with van der Waals surface area (Å²) in [5.41, 5.74) is 2.11. The smallest absolute Gasteiger partial charge is 0.260 e. The summed E-state index contributed by atoms with van der Waals surface area (Å²) in [7, 11) is 3.34. The van der Waals surface area contributed by atoms with E-state index in [0.717, 1.165) is 16.9 Å². The number of hydrogen-bond donors (Lipinski definition) is 0. The second-order valence-electron chi connectivity index (χ2n) is 5.77. The van der Waals surface area contributed by atoms with Gasteiger partial charge in [-0.2, -0.15) is 0 Å². The molecule has 0 saturated heterocycles. The SMILES string of the molecule is CCOc1ccc(CN(C)C(=O)COc2ccc(C)cc2OC)cc1. The van der Waals surface area contributed by atoms with Gasteiger partial charge in [-0.1, -0.05) is 18.2 Å². The number of likely N-dealkylation sites (N-methyl/N-ethyl adjacent to an activating group) is 1. The van der Waals surface area contributed by atoms with Gasteiger partial charge >= 0.3 is 0 Å². The van der Waals surface area contributed by atoms with Crippen LogP contribution in [0.1, 0.15) is 18.1 Å². The molecular formula is C20H25NO4. The molecule has 0 aliphatic heterocycles. The standard InChI is InChI=1S/C20H25NO4/c1-5-24-17-9-7-16(8-10-17)13-21(3)20(22)14-25-18-11-6-15(2)12-19(18)23-4/h6-12H,5,13-14H2,1-4H3. The van der Waals surface area contributed by atoms with E-state index in [-0.39, 0.29) is 12.5 Å². The lowest BCUT2D eigenvalue weighted by Gasteiger charge is -2.18. The Bertz CT molecular complexity index is 697. The number of aryl methyl sites for hydroxylation is 1. The first-order valence-corrected chi connectivity index (χ1v) is 8.26. The number of methoxy groups -OCH3 is 1. The second-order valence-corrected chi connectivity index (χ2v) is 5.77. The normalized spacial score (nSPS) is 10.2. The monoisotopic (exact) mass is 343 g/mol. The Kier molecular flexibility index (Phi) is 6.69. The summed E-state index contributed by atoms with van der Waals surface area (Å²) in [5, 5.41) is 0. The molecule has 25 heavy (non-hydrogen) atoms. The van der Waals surface area contributed by atoms with Gasteiger partial charge < -0.3 is 19.1 Å². The first-order valence-electron chi connectivity index (χ1n) is 8.26. The van der Waals surface area contributed by atoms with Gasteiger partial charge in [0, 0.05) is 13.6 Å². The van der Waals surface area contributed by atoms with Crippen molar-refractivity contribution >= 4 is 5.91 Å². The van der Waals surface area contributed by atoms with Crippen LogP contribution in [-0.2, 0) is 11.3 Å². The molecule has 0 aromatic heterocycles. The first kappa shape index (κ1) is 18.6. The van der Waals surface area contributed by atoms with Crippen molar-refractivity contribution in [1.82, 2.24) is 4.90 Å². The van der Waals surface area contributed by atoms with Crippen LogP contribution < -0.4 is 14.2 Å². The highest BCUT2D eigenvalue weighted by Gasteiger charge is 2.12. The maximum Gasteiger partial charge on any atom is 0.260 e. The minimum absolute atomic E-state index is 0.0348. The molecule has 134 valence electrons. The van der Waals surface area contributed by atoms with Crippen molar-refractivity contribution in [2.75, 3.05) is 27.4 Å². The molecule has 0 bridgehead atoms. The van der Waals surface area contributed by atoms with E-state index in [2.05, 4.69) is 0 Å². The van der Waals surface area contributed by atoms with Crippen molar-refractivity contribution in [3.05, 3.63) is 53.6 Å². The lowest BCUT2D eigenvalue weighted by molar-refractivity contribution is -0.132. The van der Waals surface area contributed by atoms with Crippen molar-refractivity contribution in [2.24, 2.45) is 0 Å². The zero-order chi connectivity index (χ0) is 18.2. The van der Waals surface area contributed by atoms with Crippen LogP contribution in [0.5, 0.6) is 17.2 Å². The molecule has 2 aromatic rings. The van der Waals surface area contributed by atoms with Gasteiger partial charge in [0.2, 0.25) is 0 Å². The number of carbonyl (C=O) groups excluding carboxylic acids is 1. The molecule has 2 rings (SSSR count). The Hall–Kier alpha value is -2.69. The summed E-state index contributed by atoms with van der Waals surface area (Å²) in [5.74, 6) is 1.92. The molecule has 0 N–H and O–H groups in total. The Balaban J connectivity index is 1.90. The number of nitrogens with zero attached hydrogens (tertiary/aromatic N) is 1. The van der Waals surface area contributed by atoms with Crippen LogP contribution in [0, 0.1) is 6.92 Å². The largest absolute Gasteiger partial charge is 0.494 e. The van der Waals surface area contributed by atoms with Crippen molar-refractivity contribution in [3.8, 4) is 17.2 Å². The summed E-state index contributed by atoms with van der Waals surface area (Å²) in [6, 6.07) is 13.3. The molecule has 1 amide bonds. The topological polar surface area (TPSA) is 48.0 Å². The van der Waals surface area contributed by atoms with Crippen molar-refractivity contribution in [2.45, 2.75) is 20.4 Å². The van der Waals surface area contributed by atoms with Gasteiger partial charge in [-0.25, -0.2) is 0 Å². The molecule has 0 radical (unpaired) electrons. The van der Waals surface area contributed by atoms with Crippen molar-refractivity contribution < 1.29 is 19.0 Å². The van der Waals surface area contributed by atoms with Gasteiger partial charge in [0.25, 0.3) is 5.91 Å². The van der Waals surface area contributed by atoms with Crippen LogP contribution in [0.3, 0.4) is 0 Å². The van der Waals surface area contributed by atoms with Crippen LogP contribution >= 0.6 is 0 Å².